The fraction of sp³-hybridized carbons (Fsp3) is 0.238. The minimum absolute atomic E-state index is 0.127. The quantitative estimate of drug-likeness (QED) is 0.738. The van der Waals surface area contributed by atoms with E-state index in [0.717, 1.165) is 30.6 Å². The fourth-order valence-corrected chi connectivity index (χ4v) is 2.64. The summed E-state index contributed by atoms with van der Waals surface area (Å²) >= 11 is 0. The smallest absolute Gasteiger partial charge is 0.130 e. The minimum atomic E-state index is 0.127. The highest BCUT2D eigenvalue weighted by molar-refractivity contribution is 5.66. The number of hydrogen-bond acceptors (Lipinski definition) is 3. The molecule has 0 atom stereocenters. The van der Waals surface area contributed by atoms with E-state index in [0.29, 0.717) is 0 Å². The molecule has 0 saturated heterocycles. The zero-order valence-electron chi connectivity index (χ0n) is 14.2. The second-order valence-electron chi connectivity index (χ2n) is 5.64. The van der Waals surface area contributed by atoms with Gasteiger partial charge in [-0.3, -0.25) is 0 Å². The molecule has 0 bridgehead atoms. The molecule has 24 heavy (non-hydrogen) atoms. The summed E-state index contributed by atoms with van der Waals surface area (Å²) < 4.78 is 0. The molecule has 2 aromatic carbocycles. The van der Waals surface area contributed by atoms with Crippen molar-refractivity contribution in [3.63, 3.8) is 0 Å². The summed E-state index contributed by atoms with van der Waals surface area (Å²) in [6, 6.07) is 20.4. The van der Waals surface area contributed by atoms with E-state index < -0.39 is 0 Å². The average Bonchev–Trinajstić information content (AvgIpc) is 2.62. The van der Waals surface area contributed by atoms with Crippen molar-refractivity contribution in [1.29, 1.82) is 10.5 Å². The molecule has 2 rings (SSSR count). The molecule has 3 nitrogen and oxygen atoms in total. The third kappa shape index (κ3) is 4.48. The minimum Gasteiger partial charge on any atom is -0.371 e. The number of hydrogen-bond donors (Lipinski definition) is 0. The van der Waals surface area contributed by atoms with Gasteiger partial charge < -0.3 is 4.90 Å². The predicted molar refractivity (Wildman–Crippen MR) is 98.4 cm³/mol. The number of benzene rings is 2. The maximum Gasteiger partial charge on any atom is 0.130 e. The molecular weight excluding hydrogens is 294 g/mol. The number of aryl methyl sites for hydroxylation is 1. The first-order valence-corrected chi connectivity index (χ1v) is 8.09. The van der Waals surface area contributed by atoms with E-state index in [1.54, 1.807) is 6.08 Å². The zero-order valence-corrected chi connectivity index (χ0v) is 14.2. The Morgan fingerprint density at radius 2 is 1.79 bits per heavy atom. The summed E-state index contributed by atoms with van der Waals surface area (Å²) in [5.41, 5.74) is 4.60. The Morgan fingerprint density at radius 1 is 1.08 bits per heavy atom. The van der Waals surface area contributed by atoms with Crippen LogP contribution in [-0.2, 0) is 6.42 Å². The summed E-state index contributed by atoms with van der Waals surface area (Å²) in [6.07, 6.45) is 2.64. The Hall–Kier alpha value is -3.04. The van der Waals surface area contributed by atoms with Crippen LogP contribution in [0.3, 0.4) is 0 Å². The van der Waals surface area contributed by atoms with Crippen molar-refractivity contribution in [3.8, 4) is 12.1 Å². The van der Waals surface area contributed by atoms with Crippen LogP contribution in [0.1, 0.15) is 23.6 Å². The van der Waals surface area contributed by atoms with Crippen molar-refractivity contribution >= 4 is 11.8 Å². The van der Waals surface area contributed by atoms with E-state index in [1.165, 1.54) is 11.3 Å². The van der Waals surface area contributed by atoms with Gasteiger partial charge >= 0.3 is 0 Å². The molecule has 0 N–H and O–H groups in total. The lowest BCUT2D eigenvalue weighted by atomic mass is 10.0. The Bertz CT molecular complexity index is 776. The first-order chi connectivity index (χ1) is 11.7. The first-order valence-electron chi connectivity index (χ1n) is 8.09. The van der Waals surface area contributed by atoms with Crippen LogP contribution < -0.4 is 4.90 Å². The van der Waals surface area contributed by atoms with Crippen molar-refractivity contribution in [1.82, 2.24) is 0 Å². The fourth-order valence-electron chi connectivity index (χ4n) is 2.64. The molecule has 120 valence electrons. The van der Waals surface area contributed by atoms with Crippen molar-refractivity contribution in [2.24, 2.45) is 0 Å². The van der Waals surface area contributed by atoms with Gasteiger partial charge in [0.05, 0.1) is 0 Å². The summed E-state index contributed by atoms with van der Waals surface area (Å²) in [6.45, 7) is 6.05. The molecule has 0 aliphatic carbocycles. The molecule has 2 aromatic rings. The monoisotopic (exact) mass is 315 g/mol. The van der Waals surface area contributed by atoms with E-state index in [1.807, 2.05) is 31.2 Å². The number of nitriles is 2. The van der Waals surface area contributed by atoms with Crippen molar-refractivity contribution in [2.75, 3.05) is 18.0 Å². The third-order valence-corrected chi connectivity index (χ3v) is 4.05. The molecule has 0 aliphatic rings. The Kier molecular flexibility index (Phi) is 6.17. The highest BCUT2D eigenvalue weighted by atomic mass is 15.1. The normalized spacial score (nSPS) is 9.67. The topological polar surface area (TPSA) is 50.8 Å². The Labute approximate surface area is 144 Å². The van der Waals surface area contributed by atoms with Crippen LogP contribution in [0.25, 0.3) is 6.08 Å². The SMILES string of the molecule is CCN(CCc1ccccc1)c1ccc(C=C(C#N)C#N)c(C)c1. The molecule has 3 heteroatoms. The Morgan fingerprint density at radius 3 is 2.38 bits per heavy atom. The van der Waals surface area contributed by atoms with Gasteiger partial charge in [-0.1, -0.05) is 36.4 Å². The van der Waals surface area contributed by atoms with Crippen LogP contribution in [0.2, 0.25) is 0 Å². The lowest BCUT2D eigenvalue weighted by molar-refractivity contribution is 0.808. The molecule has 0 radical (unpaired) electrons. The maximum absolute atomic E-state index is 8.89. The van der Waals surface area contributed by atoms with E-state index in [4.69, 9.17) is 10.5 Å². The van der Waals surface area contributed by atoms with Crippen molar-refractivity contribution in [3.05, 3.63) is 70.8 Å². The standard InChI is InChI=1S/C21H21N3/c1-3-24(12-11-18-7-5-4-6-8-18)21-10-9-20(17(2)13-21)14-19(15-22)16-23/h4-10,13-14H,3,11-12H2,1-2H3. The number of allylic oxidation sites excluding steroid dienone is 1. The summed E-state index contributed by atoms with van der Waals surface area (Å²) in [7, 11) is 0. The number of rotatable bonds is 6. The molecule has 0 heterocycles. The van der Waals surface area contributed by atoms with E-state index in [2.05, 4.69) is 48.2 Å². The van der Waals surface area contributed by atoms with Gasteiger partial charge in [-0.25, -0.2) is 0 Å². The predicted octanol–water partition coefficient (Wildman–Crippen LogP) is 4.49. The van der Waals surface area contributed by atoms with Gasteiger partial charge in [0.25, 0.3) is 0 Å². The molecule has 0 unspecified atom stereocenters. The second kappa shape index (κ2) is 8.56. The van der Waals surface area contributed by atoms with Gasteiger partial charge in [-0.2, -0.15) is 10.5 Å². The number of likely N-dealkylation sites (N-methyl/N-ethyl adjacent to an activating group) is 1. The highest BCUT2D eigenvalue weighted by Gasteiger charge is 2.07. The third-order valence-electron chi connectivity index (χ3n) is 4.05. The van der Waals surface area contributed by atoms with E-state index in [9.17, 15) is 0 Å². The van der Waals surface area contributed by atoms with Gasteiger partial charge in [0.15, 0.2) is 0 Å². The summed E-state index contributed by atoms with van der Waals surface area (Å²) in [5, 5.41) is 17.8. The van der Waals surface area contributed by atoms with Crippen LogP contribution in [0.15, 0.2) is 54.1 Å². The van der Waals surface area contributed by atoms with Gasteiger partial charge in [-0.05, 0) is 55.2 Å². The number of anilines is 1. The largest absolute Gasteiger partial charge is 0.371 e. The van der Waals surface area contributed by atoms with Crippen LogP contribution in [0.5, 0.6) is 0 Å². The molecule has 0 fully saturated rings. The molecule has 0 amide bonds. The molecule has 0 aromatic heterocycles. The van der Waals surface area contributed by atoms with Crippen LogP contribution >= 0.6 is 0 Å². The lowest BCUT2D eigenvalue weighted by Gasteiger charge is -2.24. The van der Waals surface area contributed by atoms with Crippen LogP contribution in [0, 0.1) is 29.6 Å². The van der Waals surface area contributed by atoms with E-state index >= 15 is 0 Å². The second-order valence-corrected chi connectivity index (χ2v) is 5.64. The van der Waals surface area contributed by atoms with Crippen LogP contribution in [0.4, 0.5) is 5.69 Å². The Balaban J connectivity index is 2.15. The van der Waals surface area contributed by atoms with Crippen LogP contribution in [-0.4, -0.2) is 13.1 Å². The van der Waals surface area contributed by atoms with Gasteiger partial charge in [0.2, 0.25) is 0 Å². The van der Waals surface area contributed by atoms with Crippen molar-refractivity contribution in [2.45, 2.75) is 20.3 Å². The van der Waals surface area contributed by atoms with Gasteiger partial charge in [0.1, 0.15) is 17.7 Å². The molecular formula is C21H21N3. The zero-order chi connectivity index (χ0) is 17.4. The summed E-state index contributed by atoms with van der Waals surface area (Å²) in [5.74, 6) is 0. The molecule has 0 spiro atoms. The first kappa shape index (κ1) is 17.3. The summed E-state index contributed by atoms with van der Waals surface area (Å²) in [4.78, 5) is 2.34. The number of nitrogens with zero attached hydrogens (tertiary/aromatic N) is 3. The van der Waals surface area contributed by atoms with E-state index in [-0.39, 0.29) is 5.57 Å². The maximum atomic E-state index is 8.89. The highest BCUT2D eigenvalue weighted by Crippen LogP contribution is 2.21. The van der Waals surface area contributed by atoms with Gasteiger partial charge in [-0.15, -0.1) is 0 Å². The lowest BCUT2D eigenvalue weighted by Crippen LogP contribution is -2.25. The molecule has 0 saturated carbocycles. The van der Waals surface area contributed by atoms with Crippen molar-refractivity contribution < 1.29 is 0 Å². The van der Waals surface area contributed by atoms with Gasteiger partial charge in [0, 0.05) is 18.8 Å². The molecule has 0 aliphatic heterocycles. The average molecular weight is 315 g/mol.